The lowest BCUT2D eigenvalue weighted by Crippen LogP contribution is -2.08. The molecule has 0 atom stereocenters. The Morgan fingerprint density at radius 2 is 1.50 bits per heavy atom. The van der Waals surface area contributed by atoms with E-state index in [2.05, 4.69) is 24.8 Å². The largest absolute Gasteiger partial charge is 0.423 e. The first-order valence-corrected chi connectivity index (χ1v) is 8.43. The van der Waals surface area contributed by atoms with E-state index in [0.29, 0.717) is 17.1 Å². The molecule has 0 saturated carbocycles. The van der Waals surface area contributed by atoms with Crippen molar-refractivity contribution in [1.82, 2.24) is 0 Å². The summed E-state index contributed by atoms with van der Waals surface area (Å²) in [6.07, 6.45) is 0.785. The molecule has 0 aliphatic heterocycles. The molecule has 0 amide bonds. The number of esters is 1. The summed E-state index contributed by atoms with van der Waals surface area (Å²) in [5.41, 5.74) is 4.02. The quantitative estimate of drug-likeness (QED) is 0.407. The van der Waals surface area contributed by atoms with Gasteiger partial charge in [0.2, 0.25) is 0 Å². The third kappa shape index (κ3) is 4.06. The molecular formula is C21H18O2S. The van der Waals surface area contributed by atoms with Crippen molar-refractivity contribution in [2.45, 2.75) is 12.2 Å². The van der Waals surface area contributed by atoms with E-state index < -0.39 is 0 Å². The molecule has 0 saturated heterocycles. The van der Waals surface area contributed by atoms with Gasteiger partial charge in [-0.2, -0.15) is 12.6 Å². The number of thiol groups is 1. The first-order chi connectivity index (χ1) is 11.8. The number of benzene rings is 3. The van der Waals surface area contributed by atoms with Crippen LogP contribution in [0.25, 0.3) is 0 Å². The summed E-state index contributed by atoms with van der Waals surface area (Å²) in [6.45, 7) is 0. The van der Waals surface area contributed by atoms with Crippen LogP contribution < -0.4 is 4.74 Å². The summed E-state index contributed by atoms with van der Waals surface area (Å²) in [5, 5.41) is 0. The third-order valence-electron chi connectivity index (χ3n) is 3.81. The third-order valence-corrected chi connectivity index (χ3v) is 4.15. The van der Waals surface area contributed by atoms with Crippen LogP contribution in [0.15, 0.2) is 78.9 Å². The van der Waals surface area contributed by atoms with Crippen LogP contribution in [0.4, 0.5) is 0 Å². The van der Waals surface area contributed by atoms with Crippen molar-refractivity contribution in [3.63, 3.8) is 0 Å². The van der Waals surface area contributed by atoms with Crippen LogP contribution in [0.2, 0.25) is 0 Å². The van der Waals surface area contributed by atoms with Crippen LogP contribution in [0.1, 0.15) is 27.0 Å². The first-order valence-electron chi connectivity index (χ1n) is 7.80. The fraction of sp³-hybridized carbons (Fsp3) is 0.0952. The smallest absolute Gasteiger partial charge is 0.343 e. The molecule has 3 aromatic carbocycles. The van der Waals surface area contributed by atoms with Gasteiger partial charge in [0, 0.05) is 5.75 Å². The molecule has 3 aromatic rings. The van der Waals surface area contributed by atoms with Crippen LogP contribution in [0.3, 0.4) is 0 Å². The number of carbonyl (C=O) groups is 1. The molecule has 0 spiro atoms. The summed E-state index contributed by atoms with van der Waals surface area (Å²) < 4.78 is 5.51. The second-order valence-electron chi connectivity index (χ2n) is 5.51. The molecular weight excluding hydrogens is 316 g/mol. The lowest BCUT2D eigenvalue weighted by atomic mass is 10.0. The summed E-state index contributed by atoms with van der Waals surface area (Å²) >= 11 is 4.40. The van der Waals surface area contributed by atoms with Gasteiger partial charge < -0.3 is 4.74 Å². The molecule has 0 bridgehead atoms. The van der Waals surface area contributed by atoms with Gasteiger partial charge in [-0.3, -0.25) is 0 Å². The minimum Gasteiger partial charge on any atom is -0.423 e. The van der Waals surface area contributed by atoms with Gasteiger partial charge in [-0.05, 0) is 47.4 Å². The van der Waals surface area contributed by atoms with E-state index in [1.165, 1.54) is 5.56 Å². The standard InChI is InChI=1S/C21H18O2S/c22-21(17-9-5-2-6-10-17)23-20-12-11-18(15-24)19(14-20)13-16-7-3-1-4-8-16/h1-12,14,24H,13,15H2. The van der Waals surface area contributed by atoms with E-state index in [1.807, 2.05) is 54.6 Å². The molecule has 2 nitrogen and oxygen atoms in total. The Morgan fingerprint density at radius 3 is 2.17 bits per heavy atom. The molecule has 3 rings (SSSR count). The Labute approximate surface area is 147 Å². The maximum Gasteiger partial charge on any atom is 0.343 e. The maximum absolute atomic E-state index is 12.2. The molecule has 0 heterocycles. The summed E-state index contributed by atoms with van der Waals surface area (Å²) in [6, 6.07) is 24.9. The summed E-state index contributed by atoms with van der Waals surface area (Å²) in [7, 11) is 0. The minimum absolute atomic E-state index is 0.347. The van der Waals surface area contributed by atoms with Crippen molar-refractivity contribution in [2.24, 2.45) is 0 Å². The molecule has 0 aromatic heterocycles. The molecule has 0 fully saturated rings. The van der Waals surface area contributed by atoms with Crippen molar-refractivity contribution >= 4 is 18.6 Å². The average molecular weight is 334 g/mol. The highest BCUT2D eigenvalue weighted by Crippen LogP contribution is 2.23. The molecule has 0 aliphatic carbocycles. The Morgan fingerprint density at radius 1 is 0.833 bits per heavy atom. The lowest BCUT2D eigenvalue weighted by Gasteiger charge is -2.11. The van der Waals surface area contributed by atoms with E-state index in [9.17, 15) is 4.79 Å². The predicted molar refractivity (Wildman–Crippen MR) is 99.8 cm³/mol. The topological polar surface area (TPSA) is 26.3 Å². The number of carbonyl (C=O) groups excluding carboxylic acids is 1. The van der Waals surface area contributed by atoms with Crippen molar-refractivity contribution in [1.29, 1.82) is 0 Å². The maximum atomic E-state index is 12.2. The lowest BCUT2D eigenvalue weighted by molar-refractivity contribution is 0.0734. The molecule has 0 unspecified atom stereocenters. The highest BCUT2D eigenvalue weighted by molar-refractivity contribution is 7.79. The van der Waals surface area contributed by atoms with Gasteiger partial charge in [-0.15, -0.1) is 0 Å². The van der Waals surface area contributed by atoms with Crippen LogP contribution >= 0.6 is 12.6 Å². The van der Waals surface area contributed by atoms with Gasteiger partial charge in [-0.25, -0.2) is 4.79 Å². The van der Waals surface area contributed by atoms with Crippen molar-refractivity contribution < 1.29 is 9.53 Å². The van der Waals surface area contributed by atoms with Crippen LogP contribution in [-0.4, -0.2) is 5.97 Å². The van der Waals surface area contributed by atoms with E-state index >= 15 is 0 Å². The second-order valence-corrected chi connectivity index (χ2v) is 5.82. The van der Waals surface area contributed by atoms with Gasteiger partial charge >= 0.3 is 5.97 Å². The van der Waals surface area contributed by atoms with Crippen molar-refractivity contribution in [3.05, 3.63) is 101 Å². The minimum atomic E-state index is -0.347. The normalized spacial score (nSPS) is 10.4. The van der Waals surface area contributed by atoms with Gasteiger partial charge in [0.1, 0.15) is 5.75 Å². The van der Waals surface area contributed by atoms with E-state index in [4.69, 9.17) is 4.74 Å². The number of hydrogen-bond acceptors (Lipinski definition) is 3. The Kier molecular flexibility index (Phi) is 5.34. The molecule has 3 heteroatoms. The Balaban J connectivity index is 1.82. The highest BCUT2D eigenvalue weighted by Gasteiger charge is 2.10. The molecule has 120 valence electrons. The van der Waals surface area contributed by atoms with Crippen molar-refractivity contribution in [3.8, 4) is 5.75 Å². The van der Waals surface area contributed by atoms with Gasteiger partial charge in [-0.1, -0.05) is 54.6 Å². The van der Waals surface area contributed by atoms with Crippen LogP contribution in [0.5, 0.6) is 5.75 Å². The number of rotatable bonds is 5. The predicted octanol–water partition coefficient (Wildman–Crippen LogP) is 4.93. The number of hydrogen-bond donors (Lipinski definition) is 1. The first kappa shape index (κ1) is 16.3. The van der Waals surface area contributed by atoms with E-state index in [-0.39, 0.29) is 5.97 Å². The average Bonchev–Trinajstić information content (AvgIpc) is 2.63. The fourth-order valence-electron chi connectivity index (χ4n) is 2.54. The Hall–Kier alpha value is -2.52. The van der Waals surface area contributed by atoms with Gasteiger partial charge in [0.25, 0.3) is 0 Å². The van der Waals surface area contributed by atoms with E-state index in [1.54, 1.807) is 12.1 Å². The van der Waals surface area contributed by atoms with E-state index in [0.717, 1.165) is 17.5 Å². The number of ether oxygens (including phenoxy) is 1. The molecule has 24 heavy (non-hydrogen) atoms. The zero-order valence-corrected chi connectivity index (χ0v) is 14.1. The van der Waals surface area contributed by atoms with Crippen LogP contribution in [0, 0.1) is 0 Å². The monoisotopic (exact) mass is 334 g/mol. The zero-order chi connectivity index (χ0) is 16.8. The Bertz CT molecular complexity index is 814. The SMILES string of the molecule is O=C(Oc1ccc(CS)c(Cc2ccccc2)c1)c1ccccc1. The van der Waals surface area contributed by atoms with Gasteiger partial charge in [0.15, 0.2) is 0 Å². The molecule has 0 radical (unpaired) electrons. The molecule has 0 aliphatic rings. The molecule has 0 N–H and O–H groups in total. The fourth-order valence-corrected chi connectivity index (χ4v) is 2.85. The van der Waals surface area contributed by atoms with Gasteiger partial charge in [0.05, 0.1) is 5.56 Å². The summed E-state index contributed by atoms with van der Waals surface area (Å²) in [4.78, 5) is 12.2. The zero-order valence-electron chi connectivity index (χ0n) is 13.2. The second kappa shape index (κ2) is 7.84. The highest BCUT2D eigenvalue weighted by atomic mass is 32.1. The van der Waals surface area contributed by atoms with Crippen LogP contribution in [-0.2, 0) is 12.2 Å². The summed E-state index contributed by atoms with van der Waals surface area (Å²) in [5.74, 6) is 0.856. The van der Waals surface area contributed by atoms with Crippen molar-refractivity contribution in [2.75, 3.05) is 0 Å².